The SMILES string of the molecule is CCOC(C[Si])C(NC(=O)NC(OCC)(OCC)C(C[Si])OCC)(OCC)OCC. The maximum Gasteiger partial charge on any atom is 0.323 e. The predicted molar refractivity (Wildman–Crippen MR) is 116 cm³/mol. The Balaban J connectivity index is 5.89. The molecule has 174 valence electrons. The van der Waals surface area contributed by atoms with Crippen LogP contribution < -0.4 is 10.6 Å². The van der Waals surface area contributed by atoms with Gasteiger partial charge in [0.2, 0.25) is 0 Å². The van der Waals surface area contributed by atoms with Gasteiger partial charge in [0.1, 0.15) is 12.2 Å². The van der Waals surface area contributed by atoms with E-state index in [-0.39, 0.29) is 0 Å². The van der Waals surface area contributed by atoms with Crippen LogP contribution in [0.25, 0.3) is 0 Å². The third kappa shape index (κ3) is 8.54. The van der Waals surface area contributed by atoms with Crippen LogP contribution in [0.3, 0.4) is 0 Å². The number of hydrogen-bond acceptors (Lipinski definition) is 7. The van der Waals surface area contributed by atoms with Gasteiger partial charge in [0.05, 0.1) is 0 Å². The van der Waals surface area contributed by atoms with Crippen molar-refractivity contribution in [3.8, 4) is 0 Å². The molecule has 0 aliphatic carbocycles. The molecule has 0 spiro atoms. The minimum atomic E-state index is -1.51. The minimum absolute atomic E-state index is 0.292. The van der Waals surface area contributed by atoms with E-state index in [9.17, 15) is 4.79 Å². The molecule has 0 aliphatic rings. The number of hydrogen-bond donors (Lipinski definition) is 2. The molecule has 0 rings (SSSR count). The zero-order valence-corrected chi connectivity index (χ0v) is 21.2. The highest BCUT2D eigenvalue weighted by Gasteiger charge is 2.47. The van der Waals surface area contributed by atoms with E-state index in [0.717, 1.165) is 0 Å². The highest BCUT2D eigenvalue weighted by Crippen LogP contribution is 2.24. The normalized spacial score (nSPS) is 14.4. The summed E-state index contributed by atoms with van der Waals surface area (Å²) in [5, 5.41) is 5.56. The second kappa shape index (κ2) is 16.1. The van der Waals surface area contributed by atoms with Gasteiger partial charge in [-0.15, -0.1) is 0 Å². The number of amides is 2. The van der Waals surface area contributed by atoms with Gasteiger partial charge in [-0.3, -0.25) is 10.6 Å². The van der Waals surface area contributed by atoms with Crippen LogP contribution in [0.1, 0.15) is 41.5 Å². The summed E-state index contributed by atoms with van der Waals surface area (Å²) in [6.45, 7) is 13.0. The number of carbonyl (C=O) groups excluding carboxylic acids is 1. The first-order valence-electron chi connectivity index (χ1n) is 10.6. The second-order valence-electron chi connectivity index (χ2n) is 5.94. The lowest BCUT2D eigenvalue weighted by molar-refractivity contribution is -0.304. The maximum atomic E-state index is 13.1. The third-order valence-corrected chi connectivity index (χ3v) is 4.71. The molecule has 0 aromatic heterocycles. The van der Waals surface area contributed by atoms with Crippen molar-refractivity contribution in [2.75, 3.05) is 39.6 Å². The van der Waals surface area contributed by atoms with Crippen LogP contribution in [0.15, 0.2) is 0 Å². The van der Waals surface area contributed by atoms with Gasteiger partial charge in [0.25, 0.3) is 11.8 Å². The lowest BCUT2D eigenvalue weighted by Crippen LogP contribution is -2.68. The number of nitrogens with one attached hydrogen (secondary N) is 2. The van der Waals surface area contributed by atoms with Crippen molar-refractivity contribution in [2.45, 2.75) is 77.7 Å². The van der Waals surface area contributed by atoms with E-state index < -0.39 is 30.1 Å². The topological polar surface area (TPSA) is 96.5 Å². The largest absolute Gasteiger partial charge is 0.371 e. The molecule has 0 saturated carbocycles. The van der Waals surface area contributed by atoms with Crippen molar-refractivity contribution >= 4 is 26.5 Å². The molecule has 0 fully saturated rings. The van der Waals surface area contributed by atoms with Gasteiger partial charge in [-0.25, -0.2) is 4.79 Å². The van der Waals surface area contributed by atoms with Crippen LogP contribution in [0, 0.1) is 0 Å². The van der Waals surface area contributed by atoms with E-state index in [2.05, 4.69) is 31.1 Å². The highest BCUT2D eigenvalue weighted by molar-refractivity contribution is 6.09. The fourth-order valence-electron chi connectivity index (χ4n) is 2.97. The molecule has 2 amide bonds. The van der Waals surface area contributed by atoms with Gasteiger partial charge < -0.3 is 28.4 Å². The van der Waals surface area contributed by atoms with Crippen molar-refractivity contribution in [1.82, 2.24) is 10.6 Å². The zero-order valence-electron chi connectivity index (χ0n) is 19.2. The van der Waals surface area contributed by atoms with Gasteiger partial charge in [0, 0.05) is 60.1 Å². The Kier molecular flexibility index (Phi) is 15.9. The van der Waals surface area contributed by atoms with Gasteiger partial charge in [-0.2, -0.15) is 0 Å². The second-order valence-corrected chi connectivity index (χ2v) is 6.76. The average molecular weight is 463 g/mol. The van der Waals surface area contributed by atoms with Gasteiger partial charge in [-0.1, -0.05) is 0 Å². The summed E-state index contributed by atoms with van der Waals surface area (Å²) in [5.41, 5.74) is 0. The van der Waals surface area contributed by atoms with Crippen LogP contribution in [-0.2, 0) is 28.4 Å². The van der Waals surface area contributed by atoms with Crippen LogP contribution in [0.2, 0.25) is 12.1 Å². The first kappa shape index (κ1) is 29.5. The van der Waals surface area contributed by atoms with E-state index in [4.69, 9.17) is 28.4 Å². The fourth-order valence-corrected chi connectivity index (χ4v) is 3.75. The summed E-state index contributed by atoms with van der Waals surface area (Å²) in [4.78, 5) is 13.1. The monoisotopic (exact) mass is 462 g/mol. The van der Waals surface area contributed by atoms with Crippen molar-refractivity contribution in [2.24, 2.45) is 0 Å². The summed E-state index contributed by atoms with van der Waals surface area (Å²) < 4.78 is 34.9. The maximum absolute atomic E-state index is 13.1. The minimum Gasteiger partial charge on any atom is -0.371 e. The van der Waals surface area contributed by atoms with Gasteiger partial charge in [0.15, 0.2) is 0 Å². The summed E-state index contributed by atoms with van der Waals surface area (Å²) in [6.07, 6.45) is -1.20. The molecular weight excluding hydrogens is 424 g/mol. The van der Waals surface area contributed by atoms with Crippen LogP contribution in [0.5, 0.6) is 0 Å². The van der Waals surface area contributed by atoms with Gasteiger partial charge in [-0.05, 0) is 53.6 Å². The van der Waals surface area contributed by atoms with E-state index >= 15 is 0 Å². The number of rotatable bonds is 18. The first-order chi connectivity index (χ1) is 14.4. The molecule has 9 nitrogen and oxygen atoms in total. The molecule has 11 heteroatoms. The summed E-state index contributed by atoms with van der Waals surface area (Å²) in [7, 11) is 6.94. The summed E-state index contributed by atoms with van der Waals surface area (Å²) in [5.74, 6) is -3.02. The Morgan fingerprint density at radius 1 is 0.667 bits per heavy atom. The number of ether oxygens (including phenoxy) is 6. The Hall–Kier alpha value is -0.536. The smallest absolute Gasteiger partial charge is 0.323 e. The van der Waals surface area contributed by atoms with Crippen LogP contribution in [-0.4, -0.2) is 90.2 Å². The number of carbonyl (C=O) groups is 1. The molecule has 0 aliphatic heterocycles. The van der Waals surface area contributed by atoms with Gasteiger partial charge >= 0.3 is 6.03 Å². The third-order valence-electron chi connectivity index (χ3n) is 3.96. The van der Waals surface area contributed by atoms with Crippen LogP contribution >= 0.6 is 0 Å². The summed E-state index contributed by atoms with van der Waals surface area (Å²) >= 11 is 0. The Morgan fingerprint density at radius 2 is 0.967 bits per heavy atom. The molecule has 2 N–H and O–H groups in total. The molecule has 0 saturated heterocycles. The van der Waals surface area contributed by atoms with Crippen molar-refractivity contribution in [3.63, 3.8) is 0 Å². The lowest BCUT2D eigenvalue weighted by atomic mass is 10.2. The quantitative estimate of drug-likeness (QED) is 0.236. The average Bonchev–Trinajstić information content (AvgIpc) is 2.70. The standard InChI is InChI=1S/C19H38N2O7Si2/c1-7-23-15(13-29)18(25-9-3,26-10-4)20-17(22)21-19(27-11-5,28-12-6)16(14-30)24-8-2/h15-16H,7-14H2,1-6H3,(H2,20,21,22). The predicted octanol–water partition coefficient (Wildman–Crippen LogP) is 1.72. The Labute approximate surface area is 188 Å². The first-order valence-corrected chi connectivity index (χ1v) is 12.0. The van der Waals surface area contributed by atoms with Crippen molar-refractivity contribution in [1.29, 1.82) is 0 Å². The van der Waals surface area contributed by atoms with E-state index in [0.29, 0.717) is 51.7 Å². The zero-order chi connectivity index (χ0) is 23.0. The molecule has 2 unspecified atom stereocenters. The molecule has 2 atom stereocenters. The van der Waals surface area contributed by atoms with E-state index in [1.54, 1.807) is 0 Å². The van der Waals surface area contributed by atoms with Crippen molar-refractivity contribution < 1.29 is 33.2 Å². The van der Waals surface area contributed by atoms with Crippen LogP contribution in [0.4, 0.5) is 4.79 Å². The van der Waals surface area contributed by atoms with E-state index in [1.807, 2.05) is 41.5 Å². The molecular formula is C19H38N2O7Si2. The lowest BCUT2D eigenvalue weighted by Gasteiger charge is -2.42. The molecule has 0 aromatic rings. The molecule has 0 heterocycles. The Bertz CT molecular complexity index is 411. The molecule has 0 aromatic carbocycles. The summed E-state index contributed by atoms with van der Waals surface area (Å²) in [6, 6.07) is 0.131. The van der Waals surface area contributed by atoms with Crippen molar-refractivity contribution in [3.05, 3.63) is 0 Å². The molecule has 6 radical (unpaired) electrons. The molecule has 0 bridgehead atoms. The highest BCUT2D eigenvalue weighted by atomic mass is 28.1. The van der Waals surface area contributed by atoms with E-state index in [1.165, 1.54) is 0 Å². The molecule has 30 heavy (non-hydrogen) atoms. The Morgan fingerprint density at radius 3 is 1.17 bits per heavy atom. The fraction of sp³-hybridized carbons (Fsp3) is 0.947. The number of urea groups is 1.